The maximum absolute atomic E-state index is 5.33. The Morgan fingerprint density at radius 3 is 2.29 bits per heavy atom. The van der Waals surface area contributed by atoms with Crippen LogP contribution in [0.2, 0.25) is 0 Å². The summed E-state index contributed by atoms with van der Waals surface area (Å²) >= 11 is 0. The number of methoxy groups -OCH3 is 1. The first-order chi connectivity index (χ1) is 6.43. The third kappa shape index (κ3) is 0.943. The van der Waals surface area contributed by atoms with E-state index in [1.807, 2.05) is 0 Å². The fourth-order valence-electron chi connectivity index (χ4n) is 2.77. The van der Waals surface area contributed by atoms with Crippen LogP contribution in [0.3, 0.4) is 0 Å². The molecule has 0 radical (unpaired) electrons. The molecule has 78 valence electrons. The van der Waals surface area contributed by atoms with Crippen molar-refractivity contribution in [1.82, 2.24) is 0 Å². The van der Waals surface area contributed by atoms with E-state index < -0.39 is 0 Å². The zero-order valence-electron chi connectivity index (χ0n) is 9.77. The second-order valence-corrected chi connectivity index (χ2v) is 5.14. The summed E-state index contributed by atoms with van der Waals surface area (Å²) in [6.07, 6.45) is 2.18. The molecule has 0 spiro atoms. The molecule has 0 bridgehead atoms. The largest absolute Gasteiger partial charge is 0.484 e. The zero-order chi connectivity index (χ0) is 10.6. The van der Waals surface area contributed by atoms with Crippen molar-refractivity contribution in [2.24, 2.45) is 10.4 Å². The molecule has 1 aliphatic heterocycles. The summed E-state index contributed by atoms with van der Waals surface area (Å²) in [5, 5.41) is 0. The van der Waals surface area contributed by atoms with Gasteiger partial charge in [0, 0.05) is 0 Å². The summed E-state index contributed by atoms with van der Waals surface area (Å²) in [6.45, 7) is 8.96. The van der Waals surface area contributed by atoms with E-state index >= 15 is 0 Å². The van der Waals surface area contributed by atoms with Crippen LogP contribution in [-0.2, 0) is 4.74 Å². The Bertz CT molecular complexity index is 342. The summed E-state index contributed by atoms with van der Waals surface area (Å²) in [5.41, 5.74) is 3.24. The molecule has 1 aliphatic carbocycles. The van der Waals surface area contributed by atoms with Crippen molar-refractivity contribution < 1.29 is 4.74 Å². The monoisotopic (exact) mass is 193 g/mol. The molecule has 2 aliphatic rings. The van der Waals surface area contributed by atoms with Crippen molar-refractivity contribution in [2.45, 2.75) is 46.1 Å². The van der Waals surface area contributed by atoms with Crippen LogP contribution in [0.1, 0.15) is 40.5 Å². The van der Waals surface area contributed by atoms with Crippen LogP contribution in [0.25, 0.3) is 0 Å². The molecule has 0 fully saturated rings. The van der Waals surface area contributed by atoms with Crippen LogP contribution in [0.15, 0.2) is 16.1 Å². The number of rotatable bonds is 0. The van der Waals surface area contributed by atoms with Gasteiger partial charge in [0.25, 0.3) is 0 Å². The number of allylic oxidation sites excluding steroid dienone is 1. The molecule has 0 saturated heterocycles. The van der Waals surface area contributed by atoms with Gasteiger partial charge in [0.15, 0.2) is 5.90 Å². The van der Waals surface area contributed by atoms with E-state index in [0.29, 0.717) is 0 Å². The van der Waals surface area contributed by atoms with Crippen LogP contribution in [-0.4, -0.2) is 18.5 Å². The van der Waals surface area contributed by atoms with E-state index in [-0.39, 0.29) is 11.0 Å². The Balaban J connectivity index is 2.38. The van der Waals surface area contributed by atoms with Gasteiger partial charge in [0.05, 0.1) is 18.1 Å². The van der Waals surface area contributed by atoms with Gasteiger partial charge in [-0.05, 0) is 40.5 Å². The lowest BCUT2D eigenvalue weighted by Gasteiger charge is -2.54. The summed E-state index contributed by atoms with van der Waals surface area (Å²) in [5.74, 6) is 0.937. The van der Waals surface area contributed by atoms with E-state index in [1.165, 1.54) is 11.1 Å². The minimum absolute atomic E-state index is 0.0853. The zero-order valence-corrected chi connectivity index (χ0v) is 9.77. The van der Waals surface area contributed by atoms with Gasteiger partial charge in [-0.15, -0.1) is 0 Å². The van der Waals surface area contributed by atoms with Crippen LogP contribution in [0, 0.1) is 5.41 Å². The standard InChI is InChI=1S/C12H19NO/c1-8-6-11(3)10(14-5)13-12(11,4)7-9(8)2/h6-7H2,1-5H3/t11-,12+/m1/s1. The molecule has 0 aromatic heterocycles. The van der Waals surface area contributed by atoms with Crippen molar-refractivity contribution >= 4 is 5.90 Å². The molecule has 0 N–H and O–H groups in total. The second-order valence-electron chi connectivity index (χ2n) is 5.14. The van der Waals surface area contributed by atoms with E-state index in [0.717, 1.165) is 18.7 Å². The quantitative estimate of drug-likeness (QED) is 0.542. The Labute approximate surface area is 86.1 Å². The predicted octanol–water partition coefficient (Wildman–Crippen LogP) is 2.94. The highest BCUT2D eigenvalue weighted by Gasteiger charge is 2.58. The summed E-state index contributed by atoms with van der Waals surface area (Å²) in [4.78, 5) is 4.61. The molecule has 2 rings (SSSR count). The van der Waals surface area contributed by atoms with Gasteiger partial charge in [0.2, 0.25) is 0 Å². The smallest absolute Gasteiger partial charge is 0.192 e. The summed E-state index contributed by atoms with van der Waals surface area (Å²) < 4.78 is 5.33. The predicted molar refractivity (Wildman–Crippen MR) is 58.6 cm³/mol. The van der Waals surface area contributed by atoms with Crippen molar-refractivity contribution in [3.05, 3.63) is 11.1 Å². The number of fused-ring (bicyclic) bond motifs is 1. The first-order valence-electron chi connectivity index (χ1n) is 5.22. The van der Waals surface area contributed by atoms with Crippen LogP contribution in [0.4, 0.5) is 0 Å². The highest BCUT2D eigenvalue weighted by molar-refractivity contribution is 5.90. The SMILES string of the molecule is COC1=N[C@@]2(C)CC(C)=C(C)C[C@]12C. The molecular formula is C12H19NO. The van der Waals surface area contributed by atoms with Gasteiger partial charge >= 0.3 is 0 Å². The number of hydrogen-bond donors (Lipinski definition) is 0. The number of aliphatic imine (C=N–C) groups is 1. The summed E-state index contributed by atoms with van der Waals surface area (Å²) in [7, 11) is 1.73. The van der Waals surface area contributed by atoms with Gasteiger partial charge in [-0.2, -0.15) is 0 Å². The second kappa shape index (κ2) is 2.62. The number of nitrogens with zero attached hydrogens (tertiary/aromatic N) is 1. The Hall–Kier alpha value is -0.790. The normalized spacial score (nSPS) is 41.4. The number of ether oxygens (including phenoxy) is 1. The fraction of sp³-hybridized carbons (Fsp3) is 0.750. The summed E-state index contributed by atoms with van der Waals surface area (Å²) in [6, 6.07) is 0. The average Bonchev–Trinajstić information content (AvgIpc) is 2.11. The van der Waals surface area contributed by atoms with Crippen molar-refractivity contribution in [1.29, 1.82) is 0 Å². The van der Waals surface area contributed by atoms with Crippen LogP contribution < -0.4 is 0 Å². The lowest BCUT2D eigenvalue weighted by atomic mass is 9.58. The first kappa shape index (κ1) is 9.75. The van der Waals surface area contributed by atoms with E-state index in [1.54, 1.807) is 7.11 Å². The maximum atomic E-state index is 5.33. The van der Waals surface area contributed by atoms with Crippen molar-refractivity contribution in [3.63, 3.8) is 0 Å². The molecule has 0 unspecified atom stereocenters. The molecule has 1 heterocycles. The van der Waals surface area contributed by atoms with E-state index in [9.17, 15) is 0 Å². The van der Waals surface area contributed by atoms with Gasteiger partial charge in [-0.25, -0.2) is 4.99 Å². The highest BCUT2D eigenvalue weighted by atomic mass is 16.5. The molecule has 0 amide bonds. The van der Waals surface area contributed by atoms with E-state index in [2.05, 4.69) is 32.7 Å². The lowest BCUT2D eigenvalue weighted by molar-refractivity contribution is 0.131. The maximum Gasteiger partial charge on any atom is 0.192 e. The lowest BCUT2D eigenvalue weighted by Crippen LogP contribution is -2.59. The Morgan fingerprint density at radius 2 is 1.71 bits per heavy atom. The minimum Gasteiger partial charge on any atom is -0.484 e. The molecule has 0 aromatic carbocycles. The molecule has 2 nitrogen and oxygen atoms in total. The van der Waals surface area contributed by atoms with Gasteiger partial charge in [-0.3, -0.25) is 0 Å². The Morgan fingerprint density at radius 1 is 1.14 bits per heavy atom. The first-order valence-corrected chi connectivity index (χ1v) is 5.22. The third-order valence-corrected chi connectivity index (χ3v) is 4.16. The van der Waals surface area contributed by atoms with E-state index in [4.69, 9.17) is 4.74 Å². The van der Waals surface area contributed by atoms with Crippen LogP contribution in [0.5, 0.6) is 0 Å². The molecule has 2 heteroatoms. The highest BCUT2D eigenvalue weighted by Crippen LogP contribution is 2.55. The average molecular weight is 193 g/mol. The van der Waals surface area contributed by atoms with Crippen LogP contribution >= 0.6 is 0 Å². The minimum atomic E-state index is 0.0853. The Kier molecular flexibility index (Phi) is 1.82. The molecule has 0 saturated carbocycles. The molecule has 2 atom stereocenters. The number of hydrogen-bond acceptors (Lipinski definition) is 2. The fourth-order valence-corrected chi connectivity index (χ4v) is 2.77. The topological polar surface area (TPSA) is 21.6 Å². The molecular weight excluding hydrogens is 174 g/mol. The molecule has 0 aromatic rings. The third-order valence-electron chi connectivity index (χ3n) is 4.16. The van der Waals surface area contributed by atoms with Gasteiger partial charge in [0.1, 0.15) is 0 Å². The van der Waals surface area contributed by atoms with Gasteiger partial charge < -0.3 is 4.74 Å². The van der Waals surface area contributed by atoms with Gasteiger partial charge in [-0.1, -0.05) is 11.1 Å². The van der Waals surface area contributed by atoms with Crippen molar-refractivity contribution in [2.75, 3.05) is 7.11 Å². The molecule has 14 heavy (non-hydrogen) atoms. The van der Waals surface area contributed by atoms with Crippen molar-refractivity contribution in [3.8, 4) is 0 Å².